The quantitative estimate of drug-likeness (QED) is 0.698. The van der Waals surface area contributed by atoms with E-state index >= 15 is 0 Å². The summed E-state index contributed by atoms with van der Waals surface area (Å²) in [4.78, 5) is 4.34. The van der Waals surface area contributed by atoms with Crippen LogP contribution in [0.5, 0.6) is 11.5 Å². The van der Waals surface area contributed by atoms with Gasteiger partial charge in [0.1, 0.15) is 23.9 Å². The Bertz CT molecular complexity index is 966. The second-order valence-electron chi connectivity index (χ2n) is 5.79. The molecule has 1 aromatic heterocycles. The van der Waals surface area contributed by atoms with Crippen molar-refractivity contribution in [2.75, 3.05) is 19.5 Å². The summed E-state index contributed by atoms with van der Waals surface area (Å²) in [5.41, 5.74) is 2.98. The van der Waals surface area contributed by atoms with Crippen LogP contribution in [0.3, 0.4) is 0 Å². The second kappa shape index (κ2) is 6.84. The molecule has 0 spiro atoms. The smallest absolute Gasteiger partial charge is 0.226 e. The van der Waals surface area contributed by atoms with Gasteiger partial charge >= 0.3 is 0 Å². The highest BCUT2D eigenvalue weighted by atomic mass is 79.9. The lowest BCUT2D eigenvalue weighted by Crippen LogP contribution is -2.20. The minimum absolute atomic E-state index is 0.169. The van der Waals surface area contributed by atoms with E-state index in [-0.39, 0.29) is 6.04 Å². The first-order valence-corrected chi connectivity index (χ1v) is 8.85. The molecule has 1 aliphatic rings. The lowest BCUT2D eigenvalue weighted by atomic mass is 10.0. The van der Waals surface area contributed by atoms with Crippen LogP contribution in [0.1, 0.15) is 17.2 Å². The molecule has 6 nitrogen and oxygen atoms in total. The molecule has 0 amide bonds. The largest absolute Gasteiger partial charge is 0.497 e. The lowest BCUT2D eigenvalue weighted by Gasteiger charge is -2.25. The summed E-state index contributed by atoms with van der Waals surface area (Å²) >= 11 is 3.48. The number of fused-ring (bicyclic) bond motifs is 1. The first-order valence-electron chi connectivity index (χ1n) is 8.06. The zero-order valence-electron chi connectivity index (χ0n) is 14.3. The molecule has 2 heterocycles. The normalized spacial score (nSPS) is 15.7. The fourth-order valence-corrected chi connectivity index (χ4v) is 3.29. The van der Waals surface area contributed by atoms with Gasteiger partial charge in [-0.1, -0.05) is 28.1 Å². The average Bonchev–Trinajstić information content (AvgIpc) is 3.16. The summed E-state index contributed by atoms with van der Waals surface area (Å²) in [5, 5.41) is 7.72. The molecule has 0 unspecified atom stereocenters. The molecule has 1 aliphatic heterocycles. The van der Waals surface area contributed by atoms with Crippen molar-refractivity contribution in [1.82, 2.24) is 14.8 Å². The van der Waals surface area contributed by atoms with E-state index in [1.165, 1.54) is 0 Å². The van der Waals surface area contributed by atoms with Gasteiger partial charge in [0.2, 0.25) is 5.95 Å². The average molecular weight is 413 g/mol. The fraction of sp³-hybridized carbons (Fsp3) is 0.158. The van der Waals surface area contributed by atoms with Gasteiger partial charge in [0.15, 0.2) is 0 Å². The third kappa shape index (κ3) is 2.94. The van der Waals surface area contributed by atoms with E-state index in [1.54, 1.807) is 20.5 Å². The third-order valence-electron chi connectivity index (χ3n) is 4.32. The van der Waals surface area contributed by atoms with Gasteiger partial charge in [-0.3, -0.25) is 0 Å². The minimum Gasteiger partial charge on any atom is -0.497 e. The molecule has 0 fully saturated rings. The number of rotatable bonds is 4. The number of methoxy groups -OCH3 is 2. The number of anilines is 1. The predicted molar refractivity (Wildman–Crippen MR) is 103 cm³/mol. The Morgan fingerprint density at radius 2 is 1.88 bits per heavy atom. The van der Waals surface area contributed by atoms with Crippen molar-refractivity contribution in [1.29, 1.82) is 0 Å². The van der Waals surface area contributed by atoms with E-state index in [0.29, 0.717) is 5.95 Å². The monoisotopic (exact) mass is 412 g/mol. The molecule has 0 saturated heterocycles. The van der Waals surface area contributed by atoms with Crippen molar-refractivity contribution in [3.05, 3.63) is 70.5 Å². The number of nitrogens with one attached hydrogen (secondary N) is 1. The Morgan fingerprint density at radius 3 is 2.62 bits per heavy atom. The third-order valence-corrected chi connectivity index (χ3v) is 4.85. The highest BCUT2D eigenvalue weighted by Gasteiger charge is 2.26. The number of benzene rings is 2. The maximum atomic E-state index is 5.57. The Labute approximate surface area is 159 Å². The van der Waals surface area contributed by atoms with E-state index < -0.39 is 0 Å². The molecular weight excluding hydrogens is 396 g/mol. The molecule has 26 heavy (non-hydrogen) atoms. The van der Waals surface area contributed by atoms with Crippen LogP contribution in [0, 0.1) is 0 Å². The van der Waals surface area contributed by atoms with E-state index in [0.717, 1.165) is 32.8 Å². The lowest BCUT2D eigenvalue weighted by molar-refractivity contribution is 0.394. The molecule has 0 radical (unpaired) electrons. The van der Waals surface area contributed by atoms with E-state index in [4.69, 9.17) is 9.47 Å². The zero-order valence-corrected chi connectivity index (χ0v) is 15.9. The van der Waals surface area contributed by atoms with Crippen molar-refractivity contribution in [2.24, 2.45) is 0 Å². The van der Waals surface area contributed by atoms with Gasteiger partial charge in [0.25, 0.3) is 0 Å². The van der Waals surface area contributed by atoms with Crippen LogP contribution in [-0.2, 0) is 0 Å². The zero-order chi connectivity index (χ0) is 18.1. The Hall–Kier alpha value is -2.80. The van der Waals surface area contributed by atoms with E-state index in [9.17, 15) is 0 Å². The van der Waals surface area contributed by atoms with Crippen LogP contribution in [0.4, 0.5) is 5.95 Å². The molecule has 1 atom stereocenters. The predicted octanol–water partition coefficient (Wildman–Crippen LogP) is 4.11. The molecule has 0 saturated carbocycles. The minimum atomic E-state index is -0.169. The van der Waals surface area contributed by atoms with E-state index in [1.807, 2.05) is 35.0 Å². The van der Waals surface area contributed by atoms with Gasteiger partial charge in [0, 0.05) is 15.7 Å². The summed E-state index contributed by atoms with van der Waals surface area (Å²) in [7, 11) is 3.31. The molecular formula is C19H17BrN4O2. The highest BCUT2D eigenvalue weighted by Crippen LogP contribution is 2.37. The number of hydrogen-bond acceptors (Lipinski definition) is 5. The van der Waals surface area contributed by atoms with Crippen LogP contribution in [-0.4, -0.2) is 29.0 Å². The number of aromatic nitrogens is 3. The van der Waals surface area contributed by atoms with E-state index in [2.05, 4.69) is 49.5 Å². The van der Waals surface area contributed by atoms with Crippen LogP contribution < -0.4 is 14.8 Å². The van der Waals surface area contributed by atoms with Crippen LogP contribution >= 0.6 is 15.9 Å². The summed E-state index contributed by atoms with van der Waals surface area (Å²) in [6.45, 7) is 0. The number of halogens is 1. The van der Waals surface area contributed by atoms with Gasteiger partial charge in [-0.15, -0.1) is 0 Å². The van der Waals surface area contributed by atoms with Gasteiger partial charge in [-0.05, 0) is 42.0 Å². The van der Waals surface area contributed by atoms with Crippen LogP contribution in [0.25, 0.3) is 5.70 Å². The van der Waals surface area contributed by atoms with Gasteiger partial charge in [-0.2, -0.15) is 10.1 Å². The highest BCUT2D eigenvalue weighted by molar-refractivity contribution is 9.10. The molecule has 132 valence electrons. The van der Waals surface area contributed by atoms with Gasteiger partial charge in [-0.25, -0.2) is 4.68 Å². The van der Waals surface area contributed by atoms with Crippen molar-refractivity contribution < 1.29 is 9.47 Å². The molecule has 1 N–H and O–H groups in total. The number of nitrogens with zero attached hydrogens (tertiary/aromatic N) is 3. The van der Waals surface area contributed by atoms with Crippen molar-refractivity contribution in [2.45, 2.75) is 6.04 Å². The molecule has 2 aromatic carbocycles. The SMILES string of the molecule is COc1ccc(OC)c([C@H]2C=C(c3ccc(Br)cc3)Nc3ncnn32)c1. The summed E-state index contributed by atoms with van der Waals surface area (Å²) in [5.74, 6) is 2.21. The maximum absolute atomic E-state index is 5.57. The van der Waals surface area contributed by atoms with Crippen LogP contribution in [0.15, 0.2) is 59.3 Å². The standard InChI is InChI=1S/C19H17BrN4O2/c1-25-14-7-8-18(26-2)15(9-14)17-10-16(12-3-5-13(20)6-4-12)23-19-21-11-22-24(17)19/h3-11,17H,1-2H3,(H,21,22,23)/t17-/m1/s1. The fourth-order valence-electron chi connectivity index (χ4n) is 3.02. The number of ether oxygens (including phenoxy) is 2. The Morgan fingerprint density at radius 1 is 1.08 bits per heavy atom. The molecule has 0 bridgehead atoms. The topological polar surface area (TPSA) is 61.2 Å². The van der Waals surface area contributed by atoms with Gasteiger partial charge in [0.05, 0.1) is 14.2 Å². The first-order chi connectivity index (χ1) is 12.7. The maximum Gasteiger partial charge on any atom is 0.226 e. The van der Waals surface area contributed by atoms with Crippen molar-refractivity contribution in [3.63, 3.8) is 0 Å². The number of allylic oxidation sites excluding steroid dienone is 1. The van der Waals surface area contributed by atoms with Crippen LogP contribution in [0.2, 0.25) is 0 Å². The molecule has 4 rings (SSSR count). The number of hydrogen-bond donors (Lipinski definition) is 1. The van der Waals surface area contributed by atoms with Crippen molar-refractivity contribution in [3.8, 4) is 11.5 Å². The summed E-state index contributed by atoms with van der Waals surface area (Å²) < 4.78 is 13.8. The summed E-state index contributed by atoms with van der Waals surface area (Å²) in [6.07, 6.45) is 3.66. The molecule has 0 aliphatic carbocycles. The first kappa shape index (κ1) is 16.7. The summed E-state index contributed by atoms with van der Waals surface area (Å²) in [6, 6.07) is 13.7. The molecule has 3 aromatic rings. The Kier molecular flexibility index (Phi) is 4.38. The van der Waals surface area contributed by atoms with Gasteiger partial charge < -0.3 is 14.8 Å². The molecule has 7 heteroatoms. The Balaban J connectivity index is 1.85. The van der Waals surface area contributed by atoms with Crippen molar-refractivity contribution >= 4 is 27.6 Å². The second-order valence-corrected chi connectivity index (χ2v) is 6.71.